The highest BCUT2D eigenvalue weighted by Gasteiger charge is 1.98. The van der Waals surface area contributed by atoms with Gasteiger partial charge in [0.2, 0.25) is 0 Å². The molecule has 0 amide bonds. The molecule has 72 valence electrons. The normalized spacial score (nSPS) is 10.9. The van der Waals surface area contributed by atoms with E-state index in [0.29, 0.717) is 0 Å². The Morgan fingerprint density at radius 3 is 2.93 bits per heavy atom. The van der Waals surface area contributed by atoms with Crippen LogP contribution in [0, 0.1) is 0 Å². The van der Waals surface area contributed by atoms with Crippen LogP contribution < -0.4 is 5.43 Å². The van der Waals surface area contributed by atoms with Crippen molar-refractivity contribution in [3.8, 4) is 0 Å². The Labute approximate surface area is 85.6 Å². The number of fused-ring (bicyclic) bond motifs is 3. The standard InChI is InChI=1S/C12H8N2O/c15-10-5-6-14-9(7-10)8-13-11-3-1-2-4-12(11)14/h1-8H. The Bertz CT molecular complexity index is 700. The third-order valence-corrected chi connectivity index (χ3v) is 2.43. The highest BCUT2D eigenvalue weighted by atomic mass is 16.1. The lowest BCUT2D eigenvalue weighted by molar-refractivity contribution is 1.18. The zero-order valence-electron chi connectivity index (χ0n) is 7.92. The summed E-state index contributed by atoms with van der Waals surface area (Å²) in [6, 6.07) is 11.0. The van der Waals surface area contributed by atoms with Crippen molar-refractivity contribution in [3.63, 3.8) is 0 Å². The third kappa shape index (κ3) is 1.21. The van der Waals surface area contributed by atoms with E-state index in [1.165, 1.54) is 0 Å². The van der Waals surface area contributed by atoms with E-state index in [2.05, 4.69) is 4.98 Å². The summed E-state index contributed by atoms with van der Waals surface area (Å²) in [5.41, 5.74) is 2.76. The molecule has 0 N–H and O–H groups in total. The van der Waals surface area contributed by atoms with Crippen LogP contribution in [0.5, 0.6) is 0 Å². The minimum atomic E-state index is 0.00656. The largest absolute Gasteiger partial charge is 0.313 e. The third-order valence-electron chi connectivity index (χ3n) is 2.43. The smallest absolute Gasteiger partial charge is 0.182 e. The van der Waals surface area contributed by atoms with E-state index >= 15 is 0 Å². The number of nitrogens with zero attached hydrogens (tertiary/aromatic N) is 2. The monoisotopic (exact) mass is 196 g/mol. The van der Waals surface area contributed by atoms with Crippen molar-refractivity contribution >= 4 is 16.6 Å². The fraction of sp³-hybridized carbons (Fsp3) is 0. The Hall–Kier alpha value is -2.16. The maximum Gasteiger partial charge on any atom is 0.182 e. The minimum absolute atomic E-state index is 0.00656. The summed E-state index contributed by atoms with van der Waals surface area (Å²) < 4.78 is 1.96. The molecule has 0 aliphatic rings. The van der Waals surface area contributed by atoms with Gasteiger partial charge in [0, 0.05) is 18.3 Å². The van der Waals surface area contributed by atoms with Crippen LogP contribution in [0.25, 0.3) is 16.6 Å². The first kappa shape index (κ1) is 8.17. The summed E-state index contributed by atoms with van der Waals surface area (Å²) in [5.74, 6) is 0. The van der Waals surface area contributed by atoms with E-state index in [1.54, 1.807) is 24.5 Å². The van der Waals surface area contributed by atoms with Gasteiger partial charge in [-0.15, -0.1) is 0 Å². The molecule has 2 heterocycles. The van der Waals surface area contributed by atoms with E-state index in [1.807, 2.05) is 28.7 Å². The Morgan fingerprint density at radius 1 is 1.13 bits per heavy atom. The van der Waals surface area contributed by atoms with Crippen molar-refractivity contribution in [2.45, 2.75) is 0 Å². The van der Waals surface area contributed by atoms with Gasteiger partial charge in [-0.3, -0.25) is 9.78 Å². The van der Waals surface area contributed by atoms with Crippen LogP contribution in [-0.2, 0) is 0 Å². The van der Waals surface area contributed by atoms with Crippen molar-refractivity contribution < 1.29 is 0 Å². The zero-order valence-corrected chi connectivity index (χ0v) is 7.92. The second-order valence-corrected chi connectivity index (χ2v) is 3.40. The van der Waals surface area contributed by atoms with Gasteiger partial charge in [0.1, 0.15) is 0 Å². The number of hydrogen-bond donors (Lipinski definition) is 0. The Morgan fingerprint density at radius 2 is 2.00 bits per heavy atom. The molecule has 2 aromatic heterocycles. The number of rotatable bonds is 0. The number of benzene rings is 1. The molecule has 3 aromatic rings. The zero-order chi connectivity index (χ0) is 10.3. The second-order valence-electron chi connectivity index (χ2n) is 3.40. The van der Waals surface area contributed by atoms with Crippen LogP contribution in [0.4, 0.5) is 0 Å². The average Bonchev–Trinajstić information content (AvgIpc) is 2.28. The minimum Gasteiger partial charge on any atom is -0.313 e. The molecule has 3 rings (SSSR count). The van der Waals surface area contributed by atoms with Crippen LogP contribution >= 0.6 is 0 Å². The Balaban J connectivity index is 2.60. The molecule has 0 saturated carbocycles. The Kier molecular flexibility index (Phi) is 1.59. The summed E-state index contributed by atoms with van der Waals surface area (Å²) in [5, 5.41) is 0. The van der Waals surface area contributed by atoms with Crippen molar-refractivity contribution in [1.82, 2.24) is 9.38 Å². The lowest BCUT2D eigenvalue weighted by atomic mass is 10.3. The fourth-order valence-electron chi connectivity index (χ4n) is 1.73. The van der Waals surface area contributed by atoms with Gasteiger partial charge in [-0.1, -0.05) is 12.1 Å². The molecular weight excluding hydrogens is 188 g/mol. The van der Waals surface area contributed by atoms with E-state index in [9.17, 15) is 4.79 Å². The molecule has 1 aromatic carbocycles. The molecule has 0 fully saturated rings. The number of pyridine rings is 1. The van der Waals surface area contributed by atoms with E-state index < -0.39 is 0 Å². The molecule has 0 unspecified atom stereocenters. The van der Waals surface area contributed by atoms with Gasteiger partial charge in [-0.25, -0.2) is 0 Å². The summed E-state index contributed by atoms with van der Waals surface area (Å²) >= 11 is 0. The summed E-state index contributed by atoms with van der Waals surface area (Å²) in [6.45, 7) is 0. The topological polar surface area (TPSA) is 34.4 Å². The van der Waals surface area contributed by atoms with E-state index in [0.717, 1.165) is 16.6 Å². The molecule has 15 heavy (non-hydrogen) atoms. The van der Waals surface area contributed by atoms with Gasteiger partial charge >= 0.3 is 0 Å². The molecule has 3 nitrogen and oxygen atoms in total. The van der Waals surface area contributed by atoms with Crippen molar-refractivity contribution in [1.29, 1.82) is 0 Å². The molecule has 0 saturated heterocycles. The first-order valence-corrected chi connectivity index (χ1v) is 4.71. The first-order valence-electron chi connectivity index (χ1n) is 4.71. The predicted molar refractivity (Wildman–Crippen MR) is 59.0 cm³/mol. The molecule has 0 aliphatic heterocycles. The SMILES string of the molecule is O=c1ccn2c(cnc3ccccc32)c1. The van der Waals surface area contributed by atoms with Crippen molar-refractivity contribution in [2.24, 2.45) is 0 Å². The van der Waals surface area contributed by atoms with Gasteiger partial charge in [0.25, 0.3) is 0 Å². The van der Waals surface area contributed by atoms with Crippen molar-refractivity contribution in [3.05, 3.63) is 59.0 Å². The summed E-state index contributed by atoms with van der Waals surface area (Å²) in [4.78, 5) is 15.5. The highest BCUT2D eigenvalue weighted by Crippen LogP contribution is 2.12. The maximum atomic E-state index is 11.2. The first-order chi connectivity index (χ1) is 7.34. The van der Waals surface area contributed by atoms with Crippen molar-refractivity contribution in [2.75, 3.05) is 0 Å². The molecule has 0 aliphatic carbocycles. The molecule has 3 heteroatoms. The van der Waals surface area contributed by atoms with Crippen LogP contribution in [0.15, 0.2) is 53.6 Å². The number of para-hydroxylation sites is 2. The van der Waals surface area contributed by atoms with Gasteiger partial charge in [0.05, 0.1) is 22.7 Å². The van der Waals surface area contributed by atoms with E-state index in [-0.39, 0.29) is 5.43 Å². The van der Waals surface area contributed by atoms with Crippen LogP contribution in [0.2, 0.25) is 0 Å². The molecule has 0 bridgehead atoms. The van der Waals surface area contributed by atoms with Crippen LogP contribution in [-0.4, -0.2) is 9.38 Å². The predicted octanol–water partition coefficient (Wildman–Crippen LogP) is 1.85. The quantitative estimate of drug-likeness (QED) is 0.514. The van der Waals surface area contributed by atoms with Gasteiger partial charge in [-0.05, 0) is 12.1 Å². The van der Waals surface area contributed by atoms with Crippen LogP contribution in [0.1, 0.15) is 0 Å². The molecule has 0 spiro atoms. The van der Waals surface area contributed by atoms with E-state index in [4.69, 9.17) is 0 Å². The summed E-state index contributed by atoms with van der Waals surface area (Å²) in [7, 11) is 0. The van der Waals surface area contributed by atoms with Gasteiger partial charge in [0.15, 0.2) is 5.43 Å². The number of aromatic nitrogens is 2. The fourth-order valence-corrected chi connectivity index (χ4v) is 1.73. The lowest BCUT2D eigenvalue weighted by Crippen LogP contribution is -2.01. The molecular formula is C12H8N2O. The van der Waals surface area contributed by atoms with Crippen LogP contribution in [0.3, 0.4) is 0 Å². The number of hydrogen-bond acceptors (Lipinski definition) is 2. The van der Waals surface area contributed by atoms with Gasteiger partial charge < -0.3 is 4.40 Å². The second kappa shape index (κ2) is 2.92. The highest BCUT2D eigenvalue weighted by molar-refractivity contribution is 5.77. The molecule has 0 radical (unpaired) electrons. The lowest BCUT2D eigenvalue weighted by Gasteiger charge is -2.04. The average molecular weight is 196 g/mol. The summed E-state index contributed by atoms with van der Waals surface area (Å²) in [6.07, 6.45) is 3.49. The van der Waals surface area contributed by atoms with Gasteiger partial charge in [-0.2, -0.15) is 0 Å². The maximum absolute atomic E-state index is 11.2. The molecule has 0 atom stereocenters.